The number of halogens is 3. The quantitative estimate of drug-likeness (QED) is 0.844. The first-order valence-electron chi connectivity index (χ1n) is 5.63. The summed E-state index contributed by atoms with van der Waals surface area (Å²) in [5.74, 6) is 0.168. The first-order chi connectivity index (χ1) is 8.79. The number of benzene rings is 1. The molecule has 0 fully saturated rings. The SMILES string of the molecule is Cc1cc(-c2ccc(C(F)(F)F)nc2)c(C)cc1O. The summed E-state index contributed by atoms with van der Waals surface area (Å²) in [5.41, 5.74) is 1.89. The second-order valence-corrected chi connectivity index (χ2v) is 4.38. The molecule has 100 valence electrons. The molecule has 0 aliphatic carbocycles. The van der Waals surface area contributed by atoms with Gasteiger partial charge in [-0.2, -0.15) is 13.2 Å². The number of hydrogen-bond donors (Lipinski definition) is 1. The first kappa shape index (κ1) is 13.4. The van der Waals surface area contributed by atoms with Crippen LogP contribution in [-0.4, -0.2) is 10.1 Å². The molecule has 0 atom stereocenters. The van der Waals surface area contributed by atoms with E-state index in [2.05, 4.69) is 4.98 Å². The highest BCUT2D eigenvalue weighted by molar-refractivity contribution is 5.68. The van der Waals surface area contributed by atoms with Crippen LogP contribution in [0.3, 0.4) is 0 Å². The Hall–Kier alpha value is -2.04. The van der Waals surface area contributed by atoms with Crippen LogP contribution in [0.4, 0.5) is 13.2 Å². The Morgan fingerprint density at radius 1 is 1.05 bits per heavy atom. The van der Waals surface area contributed by atoms with Crippen molar-refractivity contribution in [1.82, 2.24) is 4.98 Å². The molecule has 0 radical (unpaired) electrons. The molecule has 0 aliphatic heterocycles. The molecule has 0 bridgehead atoms. The fourth-order valence-electron chi connectivity index (χ4n) is 1.83. The summed E-state index contributed by atoms with van der Waals surface area (Å²) in [6.07, 6.45) is -3.24. The lowest BCUT2D eigenvalue weighted by Crippen LogP contribution is -2.07. The van der Waals surface area contributed by atoms with Gasteiger partial charge in [-0.05, 0) is 48.7 Å². The maximum atomic E-state index is 12.4. The van der Waals surface area contributed by atoms with E-state index in [1.54, 1.807) is 26.0 Å². The van der Waals surface area contributed by atoms with Crippen molar-refractivity contribution in [2.24, 2.45) is 0 Å². The molecule has 0 aliphatic rings. The Morgan fingerprint density at radius 2 is 1.74 bits per heavy atom. The van der Waals surface area contributed by atoms with Crippen LogP contribution in [0.2, 0.25) is 0 Å². The number of aromatic hydroxyl groups is 1. The fraction of sp³-hybridized carbons (Fsp3) is 0.214. The number of aryl methyl sites for hydroxylation is 2. The smallest absolute Gasteiger partial charge is 0.433 e. The zero-order chi connectivity index (χ0) is 14.2. The maximum absolute atomic E-state index is 12.4. The highest BCUT2D eigenvalue weighted by Crippen LogP contribution is 2.32. The molecule has 1 aromatic heterocycles. The number of hydrogen-bond acceptors (Lipinski definition) is 2. The van der Waals surface area contributed by atoms with Gasteiger partial charge in [0.2, 0.25) is 0 Å². The van der Waals surface area contributed by atoms with Crippen molar-refractivity contribution in [3.63, 3.8) is 0 Å². The van der Waals surface area contributed by atoms with Gasteiger partial charge in [-0.1, -0.05) is 6.07 Å². The van der Waals surface area contributed by atoms with Gasteiger partial charge in [0.15, 0.2) is 0 Å². The van der Waals surface area contributed by atoms with Crippen molar-refractivity contribution < 1.29 is 18.3 Å². The van der Waals surface area contributed by atoms with Gasteiger partial charge in [0.05, 0.1) is 0 Å². The van der Waals surface area contributed by atoms with Gasteiger partial charge in [-0.3, -0.25) is 4.98 Å². The predicted octanol–water partition coefficient (Wildman–Crippen LogP) is 4.09. The molecular formula is C14H12F3NO. The first-order valence-corrected chi connectivity index (χ1v) is 5.63. The van der Waals surface area contributed by atoms with Crippen LogP contribution in [0, 0.1) is 13.8 Å². The summed E-state index contributed by atoms with van der Waals surface area (Å²) in [6.45, 7) is 3.52. The number of aromatic nitrogens is 1. The largest absolute Gasteiger partial charge is 0.508 e. The lowest BCUT2D eigenvalue weighted by atomic mass is 9.99. The van der Waals surface area contributed by atoms with Crippen LogP contribution in [0.5, 0.6) is 5.75 Å². The van der Waals surface area contributed by atoms with Crippen LogP contribution in [-0.2, 0) is 6.18 Å². The summed E-state index contributed by atoms with van der Waals surface area (Å²) < 4.78 is 37.3. The third-order valence-corrected chi connectivity index (χ3v) is 2.91. The van der Waals surface area contributed by atoms with Gasteiger partial charge in [0.25, 0.3) is 0 Å². The summed E-state index contributed by atoms with van der Waals surface area (Å²) in [5, 5.41) is 9.56. The molecule has 0 spiro atoms. The third kappa shape index (κ3) is 2.70. The van der Waals surface area contributed by atoms with E-state index in [0.29, 0.717) is 11.1 Å². The second-order valence-electron chi connectivity index (χ2n) is 4.38. The lowest BCUT2D eigenvalue weighted by molar-refractivity contribution is -0.141. The Bertz CT molecular complexity index is 603. The Kier molecular flexibility index (Phi) is 3.22. The van der Waals surface area contributed by atoms with Crippen molar-refractivity contribution in [1.29, 1.82) is 0 Å². The summed E-state index contributed by atoms with van der Waals surface area (Å²) in [6, 6.07) is 5.66. The molecule has 1 aromatic carbocycles. The lowest BCUT2D eigenvalue weighted by Gasteiger charge is -2.10. The average molecular weight is 267 g/mol. The number of phenols is 1. The Morgan fingerprint density at radius 3 is 2.26 bits per heavy atom. The van der Waals surface area contributed by atoms with E-state index in [0.717, 1.165) is 17.2 Å². The minimum Gasteiger partial charge on any atom is -0.508 e. The zero-order valence-electron chi connectivity index (χ0n) is 10.4. The molecule has 2 aromatic rings. The molecule has 0 saturated carbocycles. The van der Waals surface area contributed by atoms with Crippen LogP contribution in [0.1, 0.15) is 16.8 Å². The van der Waals surface area contributed by atoms with E-state index in [-0.39, 0.29) is 5.75 Å². The summed E-state index contributed by atoms with van der Waals surface area (Å²) in [7, 11) is 0. The van der Waals surface area contributed by atoms with Crippen molar-refractivity contribution in [2.45, 2.75) is 20.0 Å². The van der Waals surface area contributed by atoms with Crippen molar-refractivity contribution in [2.75, 3.05) is 0 Å². The molecule has 1 N–H and O–H groups in total. The van der Waals surface area contributed by atoms with Crippen LogP contribution >= 0.6 is 0 Å². The van der Waals surface area contributed by atoms with Gasteiger partial charge in [-0.15, -0.1) is 0 Å². The van der Waals surface area contributed by atoms with E-state index in [9.17, 15) is 18.3 Å². The third-order valence-electron chi connectivity index (χ3n) is 2.91. The number of pyridine rings is 1. The van der Waals surface area contributed by atoms with E-state index in [4.69, 9.17) is 0 Å². The van der Waals surface area contributed by atoms with E-state index in [1.165, 1.54) is 12.3 Å². The minimum absolute atomic E-state index is 0.168. The maximum Gasteiger partial charge on any atom is 0.433 e. The van der Waals surface area contributed by atoms with Gasteiger partial charge < -0.3 is 5.11 Å². The predicted molar refractivity (Wildman–Crippen MR) is 65.8 cm³/mol. The van der Waals surface area contributed by atoms with Crippen molar-refractivity contribution in [3.8, 4) is 16.9 Å². The molecule has 0 saturated heterocycles. The summed E-state index contributed by atoms with van der Waals surface area (Å²) >= 11 is 0. The van der Waals surface area contributed by atoms with Gasteiger partial charge in [0.1, 0.15) is 11.4 Å². The van der Waals surface area contributed by atoms with Gasteiger partial charge >= 0.3 is 6.18 Å². The molecule has 0 amide bonds. The monoisotopic (exact) mass is 267 g/mol. The van der Waals surface area contributed by atoms with Gasteiger partial charge in [-0.25, -0.2) is 0 Å². The highest BCUT2D eigenvalue weighted by Gasteiger charge is 2.32. The average Bonchev–Trinajstić information content (AvgIpc) is 2.33. The van der Waals surface area contributed by atoms with Crippen LogP contribution in [0.25, 0.3) is 11.1 Å². The normalized spacial score (nSPS) is 11.6. The van der Waals surface area contributed by atoms with Crippen molar-refractivity contribution in [3.05, 3.63) is 47.3 Å². The molecule has 1 heterocycles. The highest BCUT2D eigenvalue weighted by atomic mass is 19.4. The Balaban J connectivity index is 2.46. The molecule has 19 heavy (non-hydrogen) atoms. The topological polar surface area (TPSA) is 33.1 Å². The van der Waals surface area contributed by atoms with E-state index >= 15 is 0 Å². The molecule has 5 heteroatoms. The number of nitrogens with zero attached hydrogens (tertiary/aromatic N) is 1. The molecule has 2 rings (SSSR count). The minimum atomic E-state index is -4.43. The van der Waals surface area contributed by atoms with Crippen LogP contribution in [0.15, 0.2) is 30.5 Å². The second kappa shape index (κ2) is 4.57. The molecule has 0 unspecified atom stereocenters. The van der Waals surface area contributed by atoms with Crippen molar-refractivity contribution >= 4 is 0 Å². The molecular weight excluding hydrogens is 255 g/mol. The molecule has 2 nitrogen and oxygen atoms in total. The standard InChI is InChI=1S/C14H12F3NO/c1-8-6-12(19)9(2)5-11(8)10-3-4-13(18-7-10)14(15,16)17/h3-7,19H,1-2H3. The Labute approximate surface area is 108 Å². The number of phenolic OH excluding ortho intramolecular Hbond substituents is 1. The van der Waals surface area contributed by atoms with Crippen LogP contribution < -0.4 is 0 Å². The number of rotatable bonds is 1. The summed E-state index contributed by atoms with van der Waals surface area (Å²) in [4.78, 5) is 3.43. The van der Waals surface area contributed by atoms with E-state index in [1.807, 2.05) is 0 Å². The van der Waals surface area contributed by atoms with Gasteiger partial charge in [0, 0.05) is 11.8 Å². The van der Waals surface area contributed by atoms with E-state index < -0.39 is 11.9 Å². The number of alkyl halides is 3. The fourth-order valence-corrected chi connectivity index (χ4v) is 1.83. The zero-order valence-corrected chi connectivity index (χ0v) is 10.4.